The zero-order valence-corrected chi connectivity index (χ0v) is 13.5. The Labute approximate surface area is 142 Å². The van der Waals surface area contributed by atoms with Gasteiger partial charge in [-0.3, -0.25) is 4.98 Å². The first-order chi connectivity index (χ1) is 11.8. The van der Waals surface area contributed by atoms with Crippen LogP contribution in [-0.4, -0.2) is 18.1 Å². The van der Waals surface area contributed by atoms with E-state index in [2.05, 4.69) is 46.3 Å². The molecule has 4 rings (SSSR count). The van der Waals surface area contributed by atoms with Crippen molar-refractivity contribution in [3.63, 3.8) is 0 Å². The molecule has 24 heavy (non-hydrogen) atoms. The molecule has 0 saturated carbocycles. The summed E-state index contributed by atoms with van der Waals surface area (Å²) in [4.78, 5) is 6.84. The lowest BCUT2D eigenvalue weighted by atomic mass is 9.74. The molecule has 0 aliphatic carbocycles. The molecule has 0 radical (unpaired) electrons. The third kappa shape index (κ3) is 2.41. The number of piperidine rings is 1. The van der Waals surface area contributed by atoms with Gasteiger partial charge in [0.15, 0.2) is 0 Å². The fraction of sp³-hybridized carbons (Fsp3) is 0.238. The molecule has 3 nitrogen and oxygen atoms in total. The van der Waals surface area contributed by atoms with E-state index in [0.717, 1.165) is 37.0 Å². The Kier molecular flexibility index (Phi) is 3.66. The Bertz CT molecular complexity index is 882. The molecule has 3 heteroatoms. The van der Waals surface area contributed by atoms with E-state index in [1.165, 1.54) is 11.1 Å². The van der Waals surface area contributed by atoms with Crippen LogP contribution in [0.3, 0.4) is 0 Å². The van der Waals surface area contributed by atoms with Crippen LogP contribution in [0, 0.1) is 11.3 Å². The molecule has 118 valence electrons. The highest BCUT2D eigenvalue weighted by Gasteiger charge is 2.36. The zero-order chi connectivity index (χ0) is 16.4. The summed E-state index contributed by atoms with van der Waals surface area (Å²) in [6.07, 6.45) is 3.58. The molecular formula is C21H19N3. The van der Waals surface area contributed by atoms with Crippen molar-refractivity contribution in [1.29, 1.82) is 5.26 Å². The van der Waals surface area contributed by atoms with Gasteiger partial charge in [-0.15, -0.1) is 0 Å². The Balaban J connectivity index is 1.63. The van der Waals surface area contributed by atoms with E-state index in [1.54, 1.807) is 0 Å². The summed E-state index contributed by atoms with van der Waals surface area (Å²) in [5.41, 5.74) is 3.03. The van der Waals surface area contributed by atoms with Crippen molar-refractivity contribution in [2.45, 2.75) is 18.3 Å². The number of aromatic nitrogens is 1. The average molecular weight is 313 g/mol. The Hall–Kier alpha value is -2.86. The van der Waals surface area contributed by atoms with E-state index in [0.29, 0.717) is 0 Å². The molecule has 0 bridgehead atoms. The molecule has 1 aromatic heterocycles. The minimum absolute atomic E-state index is 0.361. The normalized spacial score (nSPS) is 16.7. The highest BCUT2D eigenvalue weighted by molar-refractivity contribution is 5.91. The number of hydrogen-bond acceptors (Lipinski definition) is 3. The Morgan fingerprint density at radius 2 is 1.62 bits per heavy atom. The fourth-order valence-corrected chi connectivity index (χ4v) is 3.71. The summed E-state index contributed by atoms with van der Waals surface area (Å²) in [7, 11) is 0. The van der Waals surface area contributed by atoms with Crippen LogP contribution in [0.2, 0.25) is 0 Å². The third-order valence-electron chi connectivity index (χ3n) is 5.12. The minimum Gasteiger partial charge on any atom is -0.371 e. The lowest BCUT2D eigenvalue weighted by Crippen LogP contribution is -2.42. The monoisotopic (exact) mass is 313 g/mol. The van der Waals surface area contributed by atoms with Crippen molar-refractivity contribution in [1.82, 2.24) is 4.98 Å². The van der Waals surface area contributed by atoms with Gasteiger partial charge in [0.25, 0.3) is 0 Å². The standard InChI is InChI=1S/C21H19N3/c22-16-21(17-6-2-1-3-7-17)11-14-24(15-12-21)20-10-13-23-19-9-5-4-8-18(19)20/h1-10,13H,11-12,14-15H2. The first-order valence-corrected chi connectivity index (χ1v) is 8.38. The van der Waals surface area contributed by atoms with Crippen LogP contribution in [0.4, 0.5) is 5.69 Å². The van der Waals surface area contributed by atoms with Crippen molar-refractivity contribution >= 4 is 16.6 Å². The SMILES string of the molecule is N#CC1(c2ccccc2)CCN(c2ccnc3ccccc23)CC1. The number of rotatable bonds is 2. The number of benzene rings is 2. The van der Waals surface area contributed by atoms with Crippen LogP contribution in [0.5, 0.6) is 0 Å². The van der Waals surface area contributed by atoms with Crippen LogP contribution in [-0.2, 0) is 5.41 Å². The summed E-state index contributed by atoms with van der Waals surface area (Å²) in [5.74, 6) is 0. The minimum atomic E-state index is -0.361. The van der Waals surface area contributed by atoms with Gasteiger partial charge in [-0.25, -0.2) is 0 Å². The van der Waals surface area contributed by atoms with Gasteiger partial charge in [-0.05, 0) is 30.5 Å². The first-order valence-electron chi connectivity index (χ1n) is 8.38. The maximum Gasteiger partial charge on any atom is 0.0855 e. The van der Waals surface area contributed by atoms with E-state index in [9.17, 15) is 5.26 Å². The van der Waals surface area contributed by atoms with Gasteiger partial charge in [-0.1, -0.05) is 48.5 Å². The van der Waals surface area contributed by atoms with Crippen LogP contribution in [0.25, 0.3) is 10.9 Å². The predicted molar refractivity (Wildman–Crippen MR) is 96.9 cm³/mol. The summed E-state index contributed by atoms with van der Waals surface area (Å²) in [6, 6.07) is 23.2. The second kappa shape index (κ2) is 5.98. The van der Waals surface area contributed by atoms with Crippen LogP contribution in [0.15, 0.2) is 66.9 Å². The van der Waals surface area contributed by atoms with E-state index in [4.69, 9.17) is 0 Å². The second-order valence-corrected chi connectivity index (χ2v) is 6.39. The molecule has 2 aromatic carbocycles. The molecule has 1 saturated heterocycles. The lowest BCUT2D eigenvalue weighted by molar-refractivity contribution is 0.416. The largest absolute Gasteiger partial charge is 0.371 e. The number of nitrogens with zero attached hydrogens (tertiary/aromatic N) is 3. The topological polar surface area (TPSA) is 39.9 Å². The molecule has 0 N–H and O–H groups in total. The van der Waals surface area contributed by atoms with Gasteiger partial charge in [0, 0.05) is 30.4 Å². The number of anilines is 1. The Morgan fingerprint density at radius 1 is 0.917 bits per heavy atom. The predicted octanol–water partition coefficient (Wildman–Crippen LogP) is 4.30. The van der Waals surface area contributed by atoms with Gasteiger partial charge in [0.05, 0.1) is 17.0 Å². The van der Waals surface area contributed by atoms with Gasteiger partial charge < -0.3 is 4.90 Å². The highest BCUT2D eigenvalue weighted by atomic mass is 15.1. The number of hydrogen-bond donors (Lipinski definition) is 0. The average Bonchev–Trinajstić information content (AvgIpc) is 2.68. The number of para-hydroxylation sites is 1. The highest BCUT2D eigenvalue weighted by Crippen LogP contribution is 2.37. The molecular weight excluding hydrogens is 294 g/mol. The van der Waals surface area contributed by atoms with Gasteiger partial charge >= 0.3 is 0 Å². The molecule has 2 heterocycles. The van der Waals surface area contributed by atoms with Crippen LogP contribution >= 0.6 is 0 Å². The van der Waals surface area contributed by atoms with Crippen molar-refractivity contribution in [3.05, 3.63) is 72.4 Å². The molecule has 0 atom stereocenters. The van der Waals surface area contributed by atoms with Crippen LogP contribution < -0.4 is 4.90 Å². The lowest BCUT2D eigenvalue weighted by Gasteiger charge is -2.39. The van der Waals surface area contributed by atoms with Crippen molar-refractivity contribution in [3.8, 4) is 6.07 Å². The summed E-state index contributed by atoms with van der Waals surface area (Å²) >= 11 is 0. The van der Waals surface area contributed by atoms with E-state index in [1.807, 2.05) is 36.5 Å². The smallest absolute Gasteiger partial charge is 0.0855 e. The molecule has 1 aliphatic heterocycles. The second-order valence-electron chi connectivity index (χ2n) is 6.39. The van der Waals surface area contributed by atoms with Gasteiger partial charge in [0.1, 0.15) is 0 Å². The quantitative estimate of drug-likeness (QED) is 0.708. The third-order valence-corrected chi connectivity index (χ3v) is 5.12. The molecule has 0 spiro atoms. The fourth-order valence-electron chi connectivity index (χ4n) is 3.71. The summed E-state index contributed by atoms with van der Waals surface area (Å²) in [5, 5.41) is 11.0. The van der Waals surface area contributed by atoms with Crippen molar-refractivity contribution < 1.29 is 0 Å². The van der Waals surface area contributed by atoms with Crippen molar-refractivity contribution in [2.75, 3.05) is 18.0 Å². The maximum absolute atomic E-state index is 9.85. The number of nitriles is 1. The molecule has 3 aromatic rings. The van der Waals surface area contributed by atoms with Crippen molar-refractivity contribution in [2.24, 2.45) is 0 Å². The van der Waals surface area contributed by atoms with E-state index >= 15 is 0 Å². The molecule has 0 unspecified atom stereocenters. The van der Waals surface area contributed by atoms with Crippen LogP contribution in [0.1, 0.15) is 18.4 Å². The maximum atomic E-state index is 9.85. The van der Waals surface area contributed by atoms with Gasteiger partial charge in [0.2, 0.25) is 0 Å². The molecule has 0 amide bonds. The summed E-state index contributed by atoms with van der Waals surface area (Å²) in [6.45, 7) is 1.77. The molecule has 1 aliphatic rings. The number of pyridine rings is 1. The molecule has 1 fully saturated rings. The zero-order valence-electron chi connectivity index (χ0n) is 13.5. The summed E-state index contributed by atoms with van der Waals surface area (Å²) < 4.78 is 0. The Morgan fingerprint density at radius 3 is 2.38 bits per heavy atom. The first kappa shape index (κ1) is 14.7. The van der Waals surface area contributed by atoms with E-state index in [-0.39, 0.29) is 5.41 Å². The van der Waals surface area contributed by atoms with Gasteiger partial charge in [-0.2, -0.15) is 5.26 Å². The number of fused-ring (bicyclic) bond motifs is 1. The van der Waals surface area contributed by atoms with E-state index < -0.39 is 0 Å².